The average molecular weight is 326 g/mol. The highest BCUT2D eigenvalue weighted by Gasteiger charge is 2.39. The Hall–Kier alpha value is -0.740. The molecule has 104 valence electrons. The summed E-state index contributed by atoms with van der Waals surface area (Å²) in [6.45, 7) is 4.54. The Kier molecular flexibility index (Phi) is 3.06. The van der Waals surface area contributed by atoms with Crippen molar-refractivity contribution in [2.24, 2.45) is 5.73 Å². The lowest BCUT2D eigenvalue weighted by molar-refractivity contribution is -0.0431. The second-order valence-corrected chi connectivity index (χ2v) is 6.93. The quantitative estimate of drug-likeness (QED) is 0.901. The molecule has 0 saturated heterocycles. The Labute approximate surface area is 122 Å². The summed E-state index contributed by atoms with van der Waals surface area (Å²) in [5.74, 6) is 1.07. The fourth-order valence-electron chi connectivity index (χ4n) is 3.29. The van der Waals surface area contributed by atoms with Crippen LogP contribution in [0.4, 0.5) is 0 Å². The molecular weight excluding hydrogens is 306 g/mol. The first-order chi connectivity index (χ1) is 8.96. The zero-order valence-electron chi connectivity index (χ0n) is 11.5. The Morgan fingerprint density at radius 2 is 1.74 bits per heavy atom. The summed E-state index contributed by atoms with van der Waals surface area (Å²) in [4.78, 5) is 0. The van der Waals surface area contributed by atoms with E-state index in [9.17, 15) is 0 Å². The number of fused-ring (bicyclic) bond motifs is 1. The molecule has 0 radical (unpaired) electrons. The predicted molar refractivity (Wildman–Crippen MR) is 78.7 cm³/mol. The molecule has 1 aromatic carbocycles. The van der Waals surface area contributed by atoms with Gasteiger partial charge in [-0.05, 0) is 30.5 Å². The van der Waals surface area contributed by atoms with Crippen molar-refractivity contribution in [1.29, 1.82) is 0 Å². The smallest absolute Gasteiger partial charge is 0.246 e. The van der Waals surface area contributed by atoms with E-state index in [1.807, 2.05) is 19.9 Å². The number of hydrogen-bond acceptors (Lipinski definition) is 3. The van der Waals surface area contributed by atoms with E-state index in [1.165, 1.54) is 18.4 Å². The van der Waals surface area contributed by atoms with Crippen LogP contribution in [-0.4, -0.2) is 12.3 Å². The van der Waals surface area contributed by atoms with Crippen molar-refractivity contribution in [2.75, 3.05) is 6.54 Å². The van der Waals surface area contributed by atoms with Gasteiger partial charge in [0.25, 0.3) is 0 Å². The van der Waals surface area contributed by atoms with Crippen LogP contribution in [0, 0.1) is 0 Å². The number of halogens is 1. The third-order valence-corrected chi connectivity index (χ3v) is 4.92. The Bertz CT molecular complexity index is 507. The van der Waals surface area contributed by atoms with Crippen molar-refractivity contribution in [3.63, 3.8) is 0 Å². The van der Waals surface area contributed by atoms with Gasteiger partial charge >= 0.3 is 0 Å². The fourth-order valence-corrected chi connectivity index (χ4v) is 4.03. The molecule has 1 aliphatic heterocycles. The van der Waals surface area contributed by atoms with Gasteiger partial charge < -0.3 is 15.2 Å². The molecule has 0 spiro atoms. The molecule has 0 atom stereocenters. The molecule has 2 N–H and O–H groups in total. The van der Waals surface area contributed by atoms with Crippen LogP contribution in [0.3, 0.4) is 0 Å². The highest BCUT2D eigenvalue weighted by molar-refractivity contribution is 9.10. The highest BCUT2D eigenvalue weighted by atomic mass is 79.9. The number of rotatable bonds is 2. The first-order valence-electron chi connectivity index (χ1n) is 6.88. The van der Waals surface area contributed by atoms with Crippen molar-refractivity contribution in [3.05, 3.63) is 22.2 Å². The van der Waals surface area contributed by atoms with E-state index < -0.39 is 5.79 Å². The van der Waals surface area contributed by atoms with Crippen LogP contribution in [0.1, 0.15) is 45.1 Å². The van der Waals surface area contributed by atoms with Gasteiger partial charge in [-0.2, -0.15) is 0 Å². The van der Waals surface area contributed by atoms with Gasteiger partial charge in [0, 0.05) is 30.3 Å². The molecule has 1 aliphatic carbocycles. The zero-order chi connectivity index (χ0) is 13.7. The molecule has 0 bridgehead atoms. The summed E-state index contributed by atoms with van der Waals surface area (Å²) in [5, 5.41) is 0. The first-order valence-corrected chi connectivity index (χ1v) is 7.67. The van der Waals surface area contributed by atoms with Crippen LogP contribution in [0.2, 0.25) is 0 Å². The van der Waals surface area contributed by atoms with Gasteiger partial charge in [-0.3, -0.25) is 0 Å². The largest absolute Gasteiger partial charge is 0.449 e. The van der Waals surface area contributed by atoms with Gasteiger partial charge in [-0.25, -0.2) is 0 Å². The van der Waals surface area contributed by atoms with Gasteiger partial charge in [0.05, 0.1) is 0 Å². The number of nitrogens with two attached hydrogens (primary N) is 1. The molecule has 1 heterocycles. The van der Waals surface area contributed by atoms with E-state index in [-0.39, 0.29) is 5.41 Å². The van der Waals surface area contributed by atoms with E-state index in [0.717, 1.165) is 28.8 Å². The highest BCUT2D eigenvalue weighted by Crippen LogP contribution is 2.49. The number of benzene rings is 1. The van der Waals surface area contributed by atoms with E-state index in [0.29, 0.717) is 6.54 Å². The summed E-state index contributed by atoms with van der Waals surface area (Å²) in [5.41, 5.74) is 7.45. The lowest BCUT2D eigenvalue weighted by Crippen LogP contribution is -2.32. The van der Waals surface area contributed by atoms with Crippen molar-refractivity contribution >= 4 is 15.9 Å². The minimum Gasteiger partial charge on any atom is -0.449 e. The van der Waals surface area contributed by atoms with Crippen LogP contribution in [0.25, 0.3) is 0 Å². The lowest BCUT2D eigenvalue weighted by Gasteiger charge is -2.29. The molecular formula is C15H20BrNO2. The first kappa shape index (κ1) is 13.3. The van der Waals surface area contributed by atoms with Crippen LogP contribution in [0.5, 0.6) is 11.5 Å². The van der Waals surface area contributed by atoms with Crippen LogP contribution >= 0.6 is 15.9 Å². The van der Waals surface area contributed by atoms with E-state index in [2.05, 4.69) is 22.0 Å². The standard InChI is InChI=1S/C15H20BrNO2/c1-14(2)18-12-7-10(11(16)8-13(12)19-14)15(9-17)5-3-4-6-15/h7-8H,3-6,9,17H2,1-2H3. The number of hydrogen-bond donors (Lipinski definition) is 1. The fraction of sp³-hybridized carbons (Fsp3) is 0.600. The van der Waals surface area contributed by atoms with Crippen LogP contribution < -0.4 is 15.2 Å². The monoisotopic (exact) mass is 325 g/mol. The van der Waals surface area contributed by atoms with Crippen molar-refractivity contribution in [3.8, 4) is 11.5 Å². The maximum atomic E-state index is 6.08. The van der Waals surface area contributed by atoms with Crippen molar-refractivity contribution in [2.45, 2.75) is 50.7 Å². The molecule has 0 amide bonds. The van der Waals surface area contributed by atoms with Gasteiger partial charge in [-0.1, -0.05) is 28.8 Å². The molecule has 3 rings (SSSR count). The minimum absolute atomic E-state index is 0.101. The molecule has 1 fully saturated rings. The van der Waals surface area contributed by atoms with Gasteiger partial charge in [-0.15, -0.1) is 0 Å². The maximum Gasteiger partial charge on any atom is 0.246 e. The molecule has 19 heavy (non-hydrogen) atoms. The molecule has 4 heteroatoms. The normalized spacial score (nSPS) is 22.7. The van der Waals surface area contributed by atoms with Gasteiger partial charge in [0.2, 0.25) is 5.79 Å². The average Bonchev–Trinajstić information content (AvgIpc) is 2.91. The zero-order valence-corrected chi connectivity index (χ0v) is 13.0. The Morgan fingerprint density at radius 3 is 2.32 bits per heavy atom. The summed E-state index contributed by atoms with van der Waals surface area (Å²) in [7, 11) is 0. The molecule has 1 saturated carbocycles. The lowest BCUT2D eigenvalue weighted by atomic mass is 9.79. The summed E-state index contributed by atoms with van der Waals surface area (Å²) < 4.78 is 12.7. The number of ether oxygens (including phenoxy) is 2. The summed E-state index contributed by atoms with van der Waals surface area (Å²) in [6.07, 6.45) is 4.82. The maximum absolute atomic E-state index is 6.08. The second kappa shape index (κ2) is 4.38. The molecule has 0 unspecified atom stereocenters. The molecule has 3 nitrogen and oxygen atoms in total. The summed E-state index contributed by atoms with van der Waals surface area (Å²) >= 11 is 3.68. The molecule has 0 aromatic heterocycles. The summed E-state index contributed by atoms with van der Waals surface area (Å²) in [6, 6.07) is 4.14. The second-order valence-electron chi connectivity index (χ2n) is 6.07. The predicted octanol–water partition coefficient (Wildman–Crippen LogP) is 3.73. The van der Waals surface area contributed by atoms with E-state index in [4.69, 9.17) is 15.2 Å². The molecule has 1 aromatic rings. The SMILES string of the molecule is CC1(C)Oc2cc(Br)c(C3(CN)CCCC3)cc2O1. The van der Waals surface area contributed by atoms with Crippen LogP contribution in [-0.2, 0) is 5.41 Å². The van der Waals surface area contributed by atoms with E-state index in [1.54, 1.807) is 0 Å². The van der Waals surface area contributed by atoms with Crippen LogP contribution in [0.15, 0.2) is 16.6 Å². The third-order valence-electron chi connectivity index (χ3n) is 4.27. The Balaban J connectivity index is 2.05. The Morgan fingerprint density at radius 1 is 1.16 bits per heavy atom. The van der Waals surface area contributed by atoms with Crippen molar-refractivity contribution in [1.82, 2.24) is 0 Å². The van der Waals surface area contributed by atoms with E-state index >= 15 is 0 Å². The molecule has 2 aliphatic rings. The minimum atomic E-state index is -0.577. The van der Waals surface area contributed by atoms with Gasteiger partial charge in [0.1, 0.15) is 0 Å². The third kappa shape index (κ3) is 2.15. The van der Waals surface area contributed by atoms with Crippen molar-refractivity contribution < 1.29 is 9.47 Å². The topological polar surface area (TPSA) is 44.5 Å². The van der Waals surface area contributed by atoms with Gasteiger partial charge in [0.15, 0.2) is 11.5 Å².